The fourth-order valence-electron chi connectivity index (χ4n) is 3.37. The molecule has 2 heterocycles. The van der Waals surface area contributed by atoms with E-state index in [0.29, 0.717) is 12.2 Å². The number of aromatic amines is 1. The second-order valence-electron chi connectivity index (χ2n) is 6.17. The summed E-state index contributed by atoms with van der Waals surface area (Å²) in [6, 6.07) is 7.91. The van der Waals surface area contributed by atoms with Crippen LogP contribution in [0.1, 0.15) is 23.6 Å². The highest BCUT2D eigenvalue weighted by Crippen LogP contribution is 2.27. The van der Waals surface area contributed by atoms with E-state index >= 15 is 0 Å². The van der Waals surface area contributed by atoms with Crippen molar-refractivity contribution < 1.29 is 4.79 Å². The summed E-state index contributed by atoms with van der Waals surface area (Å²) in [7, 11) is 1.89. The number of anilines is 1. The maximum Gasteiger partial charge on any atom is 0.229 e. The lowest BCUT2D eigenvalue weighted by molar-refractivity contribution is -0.120. The Balaban J connectivity index is 1.56. The van der Waals surface area contributed by atoms with Gasteiger partial charge in [-0.3, -0.25) is 9.48 Å². The number of aromatic nitrogens is 4. The predicted octanol–water partition coefficient (Wildman–Crippen LogP) is 2.35. The number of carbonyl (C=O) groups excluding carboxylic acids is 1. The monoisotopic (exact) mass is 309 g/mol. The van der Waals surface area contributed by atoms with Crippen LogP contribution < -0.4 is 5.32 Å². The van der Waals surface area contributed by atoms with Crippen molar-refractivity contribution in [1.29, 1.82) is 0 Å². The van der Waals surface area contributed by atoms with Crippen molar-refractivity contribution in [2.75, 3.05) is 5.32 Å². The highest BCUT2D eigenvalue weighted by molar-refractivity contribution is 6.00. The number of amides is 1. The Kier molecular flexibility index (Phi) is 3.18. The minimum absolute atomic E-state index is 0.0340. The van der Waals surface area contributed by atoms with Crippen molar-refractivity contribution in [1.82, 2.24) is 19.7 Å². The molecule has 1 aromatic carbocycles. The van der Waals surface area contributed by atoms with Crippen LogP contribution >= 0.6 is 0 Å². The quantitative estimate of drug-likeness (QED) is 0.763. The van der Waals surface area contributed by atoms with Crippen LogP contribution in [0.15, 0.2) is 24.3 Å². The van der Waals surface area contributed by atoms with E-state index in [1.165, 1.54) is 0 Å². The molecular weight excluding hydrogens is 290 g/mol. The molecule has 0 spiro atoms. The Morgan fingerprint density at radius 3 is 3.09 bits per heavy atom. The average Bonchev–Trinajstić information content (AvgIpc) is 3.06. The van der Waals surface area contributed by atoms with Gasteiger partial charge in [0.05, 0.1) is 11.2 Å². The van der Waals surface area contributed by atoms with Crippen molar-refractivity contribution in [3.8, 4) is 0 Å². The second-order valence-corrected chi connectivity index (χ2v) is 6.17. The smallest absolute Gasteiger partial charge is 0.229 e. The summed E-state index contributed by atoms with van der Waals surface area (Å²) >= 11 is 0. The number of para-hydroxylation sites is 1. The molecule has 2 aromatic heterocycles. The van der Waals surface area contributed by atoms with E-state index in [2.05, 4.69) is 20.4 Å². The van der Waals surface area contributed by atoms with E-state index in [0.717, 1.165) is 41.0 Å². The summed E-state index contributed by atoms with van der Waals surface area (Å²) in [6.07, 6.45) is 2.39. The Labute approximate surface area is 133 Å². The summed E-state index contributed by atoms with van der Waals surface area (Å²) < 4.78 is 1.79. The van der Waals surface area contributed by atoms with Gasteiger partial charge in [-0.2, -0.15) is 5.10 Å². The van der Waals surface area contributed by atoms with Gasteiger partial charge in [0.1, 0.15) is 5.82 Å². The van der Waals surface area contributed by atoms with Gasteiger partial charge >= 0.3 is 0 Å². The van der Waals surface area contributed by atoms with Crippen molar-refractivity contribution in [2.24, 2.45) is 13.0 Å². The van der Waals surface area contributed by atoms with Crippen LogP contribution in [-0.4, -0.2) is 25.7 Å². The summed E-state index contributed by atoms with van der Waals surface area (Å²) in [4.78, 5) is 20.4. The molecule has 4 rings (SSSR count). The Morgan fingerprint density at radius 1 is 1.39 bits per heavy atom. The normalized spacial score (nSPS) is 17.2. The summed E-state index contributed by atoms with van der Waals surface area (Å²) in [5.74, 6) is 1.56. The second kappa shape index (κ2) is 5.22. The third kappa shape index (κ3) is 2.40. The van der Waals surface area contributed by atoms with Gasteiger partial charge in [0, 0.05) is 30.5 Å². The lowest BCUT2D eigenvalue weighted by atomic mass is 9.89. The van der Waals surface area contributed by atoms with Gasteiger partial charge in [-0.25, -0.2) is 4.98 Å². The van der Waals surface area contributed by atoms with E-state index in [4.69, 9.17) is 0 Å². The first-order valence-corrected chi connectivity index (χ1v) is 7.89. The zero-order chi connectivity index (χ0) is 16.0. The van der Waals surface area contributed by atoms with Crippen LogP contribution in [0.4, 0.5) is 5.82 Å². The zero-order valence-electron chi connectivity index (χ0n) is 13.3. The first-order chi connectivity index (χ1) is 11.1. The van der Waals surface area contributed by atoms with Crippen LogP contribution in [0, 0.1) is 12.8 Å². The van der Waals surface area contributed by atoms with E-state index in [1.807, 2.05) is 38.2 Å². The minimum Gasteiger partial charge on any atom is -0.346 e. The SMILES string of the molecule is Cc1nc2c([nH]1)CC(C(=O)Nc1nn(C)c3ccccc13)CC2. The van der Waals surface area contributed by atoms with Crippen LogP contribution in [0.25, 0.3) is 10.9 Å². The first kappa shape index (κ1) is 14.0. The molecule has 0 aliphatic heterocycles. The van der Waals surface area contributed by atoms with Gasteiger partial charge in [0.25, 0.3) is 0 Å². The summed E-state index contributed by atoms with van der Waals surface area (Å²) in [6.45, 7) is 1.95. The van der Waals surface area contributed by atoms with Gasteiger partial charge < -0.3 is 10.3 Å². The molecular formula is C17H19N5O. The molecule has 1 atom stereocenters. The van der Waals surface area contributed by atoms with Crippen molar-refractivity contribution in [3.63, 3.8) is 0 Å². The molecule has 0 saturated heterocycles. The van der Waals surface area contributed by atoms with E-state index in [1.54, 1.807) is 4.68 Å². The number of imidazole rings is 1. The average molecular weight is 309 g/mol. The van der Waals surface area contributed by atoms with Crippen LogP contribution in [0.3, 0.4) is 0 Å². The highest BCUT2D eigenvalue weighted by Gasteiger charge is 2.27. The molecule has 6 heteroatoms. The maximum absolute atomic E-state index is 12.6. The van der Waals surface area contributed by atoms with Gasteiger partial charge in [-0.1, -0.05) is 12.1 Å². The minimum atomic E-state index is -0.0388. The molecule has 0 fully saturated rings. The molecule has 6 nitrogen and oxygen atoms in total. The van der Waals surface area contributed by atoms with Gasteiger partial charge in [0.15, 0.2) is 5.82 Å². The number of H-pyrrole nitrogens is 1. The van der Waals surface area contributed by atoms with Crippen LogP contribution in [0.5, 0.6) is 0 Å². The third-order valence-electron chi connectivity index (χ3n) is 4.53. The number of rotatable bonds is 2. The third-order valence-corrected chi connectivity index (χ3v) is 4.53. The first-order valence-electron chi connectivity index (χ1n) is 7.89. The molecule has 2 N–H and O–H groups in total. The largest absolute Gasteiger partial charge is 0.346 e. The fraction of sp³-hybridized carbons (Fsp3) is 0.353. The number of carbonyl (C=O) groups is 1. The molecule has 0 bridgehead atoms. The van der Waals surface area contributed by atoms with Crippen LogP contribution in [-0.2, 0) is 24.7 Å². The number of nitrogens with zero attached hydrogens (tertiary/aromatic N) is 3. The molecule has 3 aromatic rings. The van der Waals surface area contributed by atoms with Gasteiger partial charge in [-0.05, 0) is 31.9 Å². The topological polar surface area (TPSA) is 75.6 Å². The van der Waals surface area contributed by atoms with Crippen LogP contribution in [0.2, 0.25) is 0 Å². The molecule has 0 saturated carbocycles. The molecule has 118 valence electrons. The van der Waals surface area contributed by atoms with Crippen molar-refractivity contribution in [3.05, 3.63) is 41.5 Å². The zero-order valence-corrected chi connectivity index (χ0v) is 13.3. The van der Waals surface area contributed by atoms with Gasteiger partial charge in [0.2, 0.25) is 5.91 Å². The molecule has 1 unspecified atom stereocenters. The molecule has 23 heavy (non-hydrogen) atoms. The van der Waals surface area contributed by atoms with E-state index in [9.17, 15) is 4.79 Å². The Morgan fingerprint density at radius 2 is 2.22 bits per heavy atom. The number of hydrogen-bond acceptors (Lipinski definition) is 3. The summed E-state index contributed by atoms with van der Waals surface area (Å²) in [5.41, 5.74) is 3.22. The molecule has 0 radical (unpaired) electrons. The molecule has 1 aliphatic rings. The lowest BCUT2D eigenvalue weighted by Crippen LogP contribution is -2.28. The molecule has 1 aliphatic carbocycles. The Hall–Kier alpha value is -2.63. The molecule has 1 amide bonds. The van der Waals surface area contributed by atoms with E-state index in [-0.39, 0.29) is 11.8 Å². The van der Waals surface area contributed by atoms with Crippen molar-refractivity contribution >= 4 is 22.6 Å². The number of nitrogens with one attached hydrogen (secondary N) is 2. The number of fused-ring (bicyclic) bond motifs is 2. The fourth-order valence-corrected chi connectivity index (χ4v) is 3.37. The Bertz CT molecular complexity index is 892. The predicted molar refractivity (Wildman–Crippen MR) is 88.2 cm³/mol. The van der Waals surface area contributed by atoms with Gasteiger partial charge in [-0.15, -0.1) is 0 Å². The standard InChI is InChI=1S/C17H19N5O/c1-10-18-13-8-7-11(9-14(13)19-10)17(23)20-16-12-5-3-4-6-15(12)22(2)21-16/h3-6,11H,7-9H2,1-2H3,(H,18,19)(H,20,21,23). The number of benzene rings is 1. The van der Waals surface area contributed by atoms with E-state index < -0.39 is 0 Å². The maximum atomic E-state index is 12.6. The highest BCUT2D eigenvalue weighted by atomic mass is 16.2. The van der Waals surface area contributed by atoms with Crippen molar-refractivity contribution in [2.45, 2.75) is 26.2 Å². The number of hydrogen-bond donors (Lipinski definition) is 2. The summed E-state index contributed by atoms with van der Waals surface area (Å²) in [5, 5.41) is 8.42. The number of aryl methyl sites for hydroxylation is 3. The lowest BCUT2D eigenvalue weighted by Gasteiger charge is -2.20.